The second kappa shape index (κ2) is 4.84. The molecule has 1 aliphatic heterocycles. The minimum Gasteiger partial charge on any atom is -0.481 e. The highest BCUT2D eigenvalue weighted by atomic mass is 16.5. The molecule has 1 N–H and O–H groups in total. The van der Waals surface area contributed by atoms with Crippen LogP contribution >= 0.6 is 0 Å². The normalized spacial score (nSPS) is 21.5. The van der Waals surface area contributed by atoms with E-state index in [9.17, 15) is 9.59 Å². The summed E-state index contributed by atoms with van der Waals surface area (Å²) >= 11 is 0. The predicted octanol–water partition coefficient (Wildman–Crippen LogP) is 1.34. The van der Waals surface area contributed by atoms with Crippen LogP contribution in [0.1, 0.15) is 38.5 Å². The molecule has 0 saturated carbocycles. The number of rotatable bonds is 5. The fraction of sp³-hybridized carbons (Fsp3) is 0.778. The first kappa shape index (κ1) is 10.0. The van der Waals surface area contributed by atoms with Gasteiger partial charge >= 0.3 is 11.9 Å². The van der Waals surface area contributed by atoms with Crippen molar-refractivity contribution in [1.29, 1.82) is 0 Å². The molecule has 74 valence electrons. The smallest absolute Gasteiger partial charge is 0.306 e. The minimum atomic E-state index is -0.761. The van der Waals surface area contributed by atoms with E-state index in [1.807, 2.05) is 0 Å². The van der Waals surface area contributed by atoms with Gasteiger partial charge in [-0.2, -0.15) is 0 Å². The lowest BCUT2D eigenvalue weighted by Crippen LogP contribution is -2.06. The first-order valence-corrected chi connectivity index (χ1v) is 4.60. The molecule has 0 spiro atoms. The monoisotopic (exact) mass is 186 g/mol. The van der Waals surface area contributed by atoms with Crippen molar-refractivity contribution >= 4 is 11.9 Å². The lowest BCUT2D eigenvalue weighted by atomic mass is 10.1. The molecule has 1 fully saturated rings. The molecule has 4 nitrogen and oxygen atoms in total. The van der Waals surface area contributed by atoms with Gasteiger partial charge in [-0.3, -0.25) is 9.59 Å². The highest BCUT2D eigenvalue weighted by Gasteiger charge is 2.22. The van der Waals surface area contributed by atoms with E-state index in [4.69, 9.17) is 9.84 Å². The van der Waals surface area contributed by atoms with Crippen LogP contribution in [0.2, 0.25) is 0 Å². The zero-order chi connectivity index (χ0) is 9.68. The van der Waals surface area contributed by atoms with Gasteiger partial charge in [0.1, 0.15) is 6.10 Å². The van der Waals surface area contributed by atoms with Crippen molar-refractivity contribution in [1.82, 2.24) is 0 Å². The predicted molar refractivity (Wildman–Crippen MR) is 45.2 cm³/mol. The molecule has 13 heavy (non-hydrogen) atoms. The van der Waals surface area contributed by atoms with Gasteiger partial charge < -0.3 is 9.84 Å². The number of aliphatic carboxylic acids is 1. The SMILES string of the molecule is O=C(O)CCCCC1CCC(=O)O1. The molecule has 0 aromatic carbocycles. The maximum atomic E-state index is 10.7. The van der Waals surface area contributed by atoms with E-state index < -0.39 is 5.97 Å². The van der Waals surface area contributed by atoms with Gasteiger partial charge in [0.2, 0.25) is 0 Å². The van der Waals surface area contributed by atoms with E-state index in [-0.39, 0.29) is 18.5 Å². The summed E-state index contributed by atoms with van der Waals surface area (Å²) in [4.78, 5) is 20.8. The Labute approximate surface area is 76.9 Å². The molecule has 1 atom stereocenters. The van der Waals surface area contributed by atoms with Gasteiger partial charge in [0, 0.05) is 12.8 Å². The summed E-state index contributed by atoms with van der Waals surface area (Å²) in [5.74, 6) is -0.883. The molecule has 4 heteroatoms. The standard InChI is InChI=1S/C9H14O4/c10-8(11)4-2-1-3-7-5-6-9(12)13-7/h7H,1-6H2,(H,10,11). The highest BCUT2D eigenvalue weighted by Crippen LogP contribution is 2.19. The topological polar surface area (TPSA) is 63.6 Å². The second-order valence-corrected chi connectivity index (χ2v) is 3.29. The highest BCUT2D eigenvalue weighted by molar-refractivity contribution is 5.71. The number of hydrogen-bond acceptors (Lipinski definition) is 3. The van der Waals surface area contributed by atoms with Crippen molar-refractivity contribution in [3.05, 3.63) is 0 Å². The molecule has 0 amide bonds. The number of carboxylic acids is 1. The third-order valence-electron chi connectivity index (χ3n) is 2.14. The Morgan fingerprint density at radius 3 is 2.85 bits per heavy atom. The molecule has 1 heterocycles. The first-order valence-electron chi connectivity index (χ1n) is 4.60. The van der Waals surface area contributed by atoms with Crippen molar-refractivity contribution in [2.45, 2.75) is 44.6 Å². The Balaban J connectivity index is 2.00. The van der Waals surface area contributed by atoms with Crippen LogP contribution < -0.4 is 0 Å². The number of hydrogen-bond donors (Lipinski definition) is 1. The van der Waals surface area contributed by atoms with Gasteiger partial charge in [-0.25, -0.2) is 0 Å². The number of unbranched alkanes of at least 4 members (excludes halogenated alkanes) is 1. The summed E-state index contributed by atoms with van der Waals surface area (Å²) in [5, 5.41) is 8.36. The zero-order valence-electron chi connectivity index (χ0n) is 7.49. The molecule has 0 aromatic heterocycles. The quantitative estimate of drug-likeness (QED) is 0.519. The van der Waals surface area contributed by atoms with Crippen molar-refractivity contribution in [2.24, 2.45) is 0 Å². The molecular formula is C9H14O4. The molecule has 1 rings (SSSR count). The summed E-state index contributed by atoms with van der Waals surface area (Å²) in [7, 11) is 0. The zero-order valence-corrected chi connectivity index (χ0v) is 7.49. The van der Waals surface area contributed by atoms with Crippen molar-refractivity contribution < 1.29 is 19.4 Å². The second-order valence-electron chi connectivity index (χ2n) is 3.29. The molecule has 1 saturated heterocycles. The molecule has 0 aliphatic carbocycles. The maximum absolute atomic E-state index is 10.7. The van der Waals surface area contributed by atoms with Crippen LogP contribution in [0.5, 0.6) is 0 Å². The summed E-state index contributed by atoms with van der Waals surface area (Å²) < 4.78 is 4.98. The van der Waals surface area contributed by atoms with Crippen molar-refractivity contribution in [2.75, 3.05) is 0 Å². The fourth-order valence-electron chi connectivity index (χ4n) is 1.43. The lowest BCUT2D eigenvalue weighted by Gasteiger charge is -2.07. The van der Waals surface area contributed by atoms with E-state index >= 15 is 0 Å². The Kier molecular flexibility index (Phi) is 3.73. The average molecular weight is 186 g/mol. The van der Waals surface area contributed by atoms with Gasteiger partial charge in [0.15, 0.2) is 0 Å². The van der Waals surface area contributed by atoms with E-state index in [2.05, 4.69) is 0 Å². The van der Waals surface area contributed by atoms with Gasteiger partial charge in [0.25, 0.3) is 0 Å². The lowest BCUT2D eigenvalue weighted by molar-refractivity contribution is -0.142. The fourth-order valence-corrected chi connectivity index (χ4v) is 1.43. The Hall–Kier alpha value is -1.06. The number of carbonyl (C=O) groups excluding carboxylic acids is 1. The number of esters is 1. The third kappa shape index (κ3) is 3.92. The first-order chi connectivity index (χ1) is 6.18. The van der Waals surface area contributed by atoms with Crippen LogP contribution in [0.3, 0.4) is 0 Å². The summed E-state index contributed by atoms with van der Waals surface area (Å²) in [6.07, 6.45) is 3.87. The van der Waals surface area contributed by atoms with Crippen molar-refractivity contribution in [3.8, 4) is 0 Å². The number of cyclic esters (lactones) is 1. The van der Waals surface area contributed by atoms with Crippen LogP contribution in [0.4, 0.5) is 0 Å². The van der Waals surface area contributed by atoms with Crippen LogP contribution in [-0.4, -0.2) is 23.1 Å². The van der Waals surface area contributed by atoms with E-state index in [0.717, 1.165) is 19.3 Å². The summed E-state index contributed by atoms with van der Waals surface area (Å²) in [6.45, 7) is 0. The van der Waals surface area contributed by atoms with E-state index in [1.165, 1.54) is 0 Å². The number of carbonyl (C=O) groups is 2. The molecule has 0 bridgehead atoms. The van der Waals surface area contributed by atoms with Crippen LogP contribution in [0.15, 0.2) is 0 Å². The van der Waals surface area contributed by atoms with Gasteiger partial charge in [-0.1, -0.05) is 0 Å². The van der Waals surface area contributed by atoms with Crippen LogP contribution in [-0.2, 0) is 14.3 Å². The Bertz CT molecular complexity index is 200. The van der Waals surface area contributed by atoms with Crippen LogP contribution in [0.25, 0.3) is 0 Å². The van der Waals surface area contributed by atoms with E-state index in [1.54, 1.807) is 0 Å². The van der Waals surface area contributed by atoms with Gasteiger partial charge in [0.05, 0.1) is 0 Å². The number of ether oxygens (including phenoxy) is 1. The molecule has 0 aromatic rings. The molecule has 1 unspecified atom stereocenters. The molecule has 0 radical (unpaired) electrons. The molecule has 1 aliphatic rings. The average Bonchev–Trinajstić information content (AvgIpc) is 2.45. The largest absolute Gasteiger partial charge is 0.481 e. The Morgan fingerprint density at radius 2 is 2.31 bits per heavy atom. The Morgan fingerprint density at radius 1 is 1.54 bits per heavy atom. The minimum absolute atomic E-state index is 0.0429. The van der Waals surface area contributed by atoms with Gasteiger partial charge in [-0.15, -0.1) is 0 Å². The third-order valence-corrected chi connectivity index (χ3v) is 2.14. The summed E-state index contributed by atoms with van der Waals surface area (Å²) in [6, 6.07) is 0. The summed E-state index contributed by atoms with van der Waals surface area (Å²) in [5.41, 5.74) is 0. The molecular weight excluding hydrogens is 172 g/mol. The van der Waals surface area contributed by atoms with E-state index in [0.29, 0.717) is 12.8 Å². The van der Waals surface area contributed by atoms with Crippen molar-refractivity contribution in [3.63, 3.8) is 0 Å². The maximum Gasteiger partial charge on any atom is 0.306 e. The van der Waals surface area contributed by atoms with Crippen LogP contribution in [0, 0.1) is 0 Å². The number of carboxylic acid groups (broad SMARTS) is 1. The van der Waals surface area contributed by atoms with Gasteiger partial charge in [-0.05, 0) is 25.7 Å².